The van der Waals surface area contributed by atoms with Gasteiger partial charge >= 0.3 is 0 Å². The number of carbonyl (C=O) groups excluding carboxylic acids is 1. The summed E-state index contributed by atoms with van der Waals surface area (Å²) in [6, 6.07) is 8.64. The van der Waals surface area contributed by atoms with Gasteiger partial charge < -0.3 is 11.1 Å². The minimum Gasteiger partial charge on any atom is -0.398 e. The summed E-state index contributed by atoms with van der Waals surface area (Å²) in [4.78, 5) is 16.0. The highest BCUT2D eigenvalue weighted by molar-refractivity contribution is 6.33. The minimum atomic E-state index is -0.322. The third-order valence-corrected chi connectivity index (χ3v) is 2.86. The highest BCUT2D eigenvalue weighted by atomic mass is 35.5. The fourth-order valence-electron chi connectivity index (χ4n) is 1.53. The SMILES string of the molecule is Cc1cccc(C(=O)Nc2ncccc2Cl)c1N. The number of aryl methyl sites for hydroxylation is 1. The summed E-state index contributed by atoms with van der Waals surface area (Å²) in [5.74, 6) is 0.00173. The molecule has 0 atom stereocenters. The topological polar surface area (TPSA) is 68.0 Å². The van der Waals surface area contributed by atoms with Gasteiger partial charge in [-0.25, -0.2) is 4.98 Å². The van der Waals surface area contributed by atoms with Gasteiger partial charge in [0.05, 0.1) is 10.6 Å². The Morgan fingerprint density at radius 2 is 2.11 bits per heavy atom. The first-order valence-corrected chi connectivity index (χ1v) is 5.74. The number of hydrogen-bond donors (Lipinski definition) is 2. The molecule has 0 spiro atoms. The number of carbonyl (C=O) groups is 1. The first kappa shape index (κ1) is 12.4. The van der Waals surface area contributed by atoms with Gasteiger partial charge in [-0.2, -0.15) is 0 Å². The number of aromatic nitrogens is 1. The van der Waals surface area contributed by atoms with Crippen LogP contribution in [0.3, 0.4) is 0 Å². The molecule has 1 aromatic carbocycles. The molecule has 18 heavy (non-hydrogen) atoms. The normalized spacial score (nSPS) is 10.1. The number of pyridine rings is 1. The van der Waals surface area contributed by atoms with Crippen molar-refractivity contribution in [2.75, 3.05) is 11.1 Å². The molecular formula is C13H12ClN3O. The number of nitrogen functional groups attached to an aromatic ring is 1. The molecule has 0 unspecified atom stereocenters. The first-order chi connectivity index (χ1) is 8.59. The average molecular weight is 262 g/mol. The second-order valence-electron chi connectivity index (χ2n) is 3.82. The molecule has 3 N–H and O–H groups in total. The van der Waals surface area contributed by atoms with Crippen LogP contribution in [-0.2, 0) is 0 Å². The van der Waals surface area contributed by atoms with Gasteiger partial charge in [0.1, 0.15) is 0 Å². The number of rotatable bonds is 2. The Labute approximate surface area is 110 Å². The van der Waals surface area contributed by atoms with Gasteiger partial charge in [0.15, 0.2) is 5.82 Å². The Hall–Kier alpha value is -2.07. The van der Waals surface area contributed by atoms with E-state index in [0.29, 0.717) is 22.1 Å². The average Bonchev–Trinajstić information content (AvgIpc) is 2.35. The molecule has 1 heterocycles. The van der Waals surface area contributed by atoms with Crippen molar-refractivity contribution < 1.29 is 4.79 Å². The van der Waals surface area contributed by atoms with Crippen molar-refractivity contribution in [3.63, 3.8) is 0 Å². The monoisotopic (exact) mass is 261 g/mol. The van der Waals surface area contributed by atoms with Crippen LogP contribution in [0.25, 0.3) is 0 Å². The summed E-state index contributed by atoms with van der Waals surface area (Å²) >= 11 is 5.92. The van der Waals surface area contributed by atoms with Crippen molar-refractivity contribution in [2.45, 2.75) is 6.92 Å². The van der Waals surface area contributed by atoms with Crippen LogP contribution >= 0.6 is 11.6 Å². The van der Waals surface area contributed by atoms with Crippen LogP contribution in [0.1, 0.15) is 15.9 Å². The van der Waals surface area contributed by atoms with Gasteiger partial charge in [-0.05, 0) is 30.7 Å². The first-order valence-electron chi connectivity index (χ1n) is 5.36. The van der Waals surface area contributed by atoms with E-state index in [-0.39, 0.29) is 5.91 Å². The molecule has 1 amide bonds. The molecule has 0 aliphatic heterocycles. The molecule has 0 radical (unpaired) electrons. The van der Waals surface area contributed by atoms with Crippen LogP contribution in [0, 0.1) is 6.92 Å². The highest BCUT2D eigenvalue weighted by Crippen LogP contribution is 2.21. The van der Waals surface area contributed by atoms with E-state index in [1.807, 2.05) is 13.0 Å². The summed E-state index contributed by atoms with van der Waals surface area (Å²) in [5, 5.41) is 3.02. The molecule has 0 saturated heterocycles. The van der Waals surface area contributed by atoms with Crippen LogP contribution in [0.4, 0.5) is 11.5 Å². The highest BCUT2D eigenvalue weighted by Gasteiger charge is 2.12. The van der Waals surface area contributed by atoms with Crippen molar-refractivity contribution in [1.29, 1.82) is 0 Å². The smallest absolute Gasteiger partial charge is 0.258 e. The molecule has 1 aromatic heterocycles. The number of nitrogens with zero attached hydrogens (tertiary/aromatic N) is 1. The van der Waals surface area contributed by atoms with Gasteiger partial charge in [-0.3, -0.25) is 4.79 Å². The maximum absolute atomic E-state index is 12.0. The maximum atomic E-state index is 12.0. The number of para-hydroxylation sites is 1. The zero-order valence-electron chi connectivity index (χ0n) is 9.77. The Kier molecular flexibility index (Phi) is 3.48. The van der Waals surface area contributed by atoms with E-state index < -0.39 is 0 Å². The maximum Gasteiger partial charge on any atom is 0.258 e. The summed E-state index contributed by atoms with van der Waals surface area (Å²) in [6.45, 7) is 1.85. The second kappa shape index (κ2) is 5.06. The standard InChI is InChI=1S/C13H12ClN3O/c1-8-4-2-5-9(11(8)15)13(18)17-12-10(14)6-3-7-16-12/h2-7H,15H2,1H3,(H,16,17,18). The van der Waals surface area contributed by atoms with Crippen molar-refractivity contribution >= 4 is 29.0 Å². The number of hydrogen-bond acceptors (Lipinski definition) is 3. The Balaban J connectivity index is 2.28. The minimum absolute atomic E-state index is 0.322. The number of anilines is 2. The van der Waals surface area contributed by atoms with Crippen molar-refractivity contribution in [1.82, 2.24) is 4.98 Å². The van der Waals surface area contributed by atoms with Gasteiger partial charge in [0.2, 0.25) is 0 Å². The van der Waals surface area contributed by atoms with E-state index in [0.717, 1.165) is 5.56 Å². The van der Waals surface area contributed by atoms with Gasteiger partial charge in [0.25, 0.3) is 5.91 Å². The molecule has 0 bridgehead atoms. The Bertz CT molecular complexity index is 599. The number of amides is 1. The summed E-state index contributed by atoms with van der Waals surface area (Å²) in [5.41, 5.74) is 7.59. The van der Waals surface area contributed by atoms with E-state index in [1.165, 1.54) is 0 Å². The second-order valence-corrected chi connectivity index (χ2v) is 4.23. The molecule has 5 heteroatoms. The van der Waals surface area contributed by atoms with E-state index in [4.69, 9.17) is 17.3 Å². The van der Waals surface area contributed by atoms with E-state index in [1.54, 1.807) is 30.5 Å². The molecule has 0 fully saturated rings. The third kappa shape index (κ3) is 2.43. The fourth-order valence-corrected chi connectivity index (χ4v) is 1.70. The van der Waals surface area contributed by atoms with Crippen LogP contribution in [0.5, 0.6) is 0 Å². The van der Waals surface area contributed by atoms with Gasteiger partial charge in [0, 0.05) is 11.9 Å². The predicted molar refractivity (Wildman–Crippen MR) is 72.8 cm³/mol. The van der Waals surface area contributed by atoms with E-state index >= 15 is 0 Å². The summed E-state index contributed by atoms with van der Waals surface area (Å²) < 4.78 is 0. The number of halogens is 1. The molecule has 4 nitrogen and oxygen atoms in total. The van der Waals surface area contributed by atoms with Crippen LogP contribution in [0.15, 0.2) is 36.5 Å². The van der Waals surface area contributed by atoms with Crippen molar-refractivity contribution in [2.24, 2.45) is 0 Å². The third-order valence-electron chi connectivity index (χ3n) is 2.56. The number of nitrogens with one attached hydrogen (secondary N) is 1. The quantitative estimate of drug-likeness (QED) is 0.817. The Morgan fingerprint density at radius 3 is 2.83 bits per heavy atom. The van der Waals surface area contributed by atoms with Crippen molar-refractivity contribution in [3.05, 3.63) is 52.7 Å². The van der Waals surface area contributed by atoms with Crippen molar-refractivity contribution in [3.8, 4) is 0 Å². The predicted octanol–water partition coefficient (Wildman–Crippen LogP) is 2.88. The molecular weight excluding hydrogens is 250 g/mol. The lowest BCUT2D eigenvalue weighted by atomic mass is 10.1. The molecule has 0 aliphatic carbocycles. The molecule has 92 valence electrons. The van der Waals surface area contributed by atoms with E-state index in [2.05, 4.69) is 10.3 Å². The fraction of sp³-hybridized carbons (Fsp3) is 0.0769. The van der Waals surface area contributed by atoms with Crippen LogP contribution in [-0.4, -0.2) is 10.9 Å². The van der Waals surface area contributed by atoms with Crippen LogP contribution in [0.2, 0.25) is 5.02 Å². The summed E-state index contributed by atoms with van der Waals surface area (Å²) in [6.07, 6.45) is 1.56. The lowest BCUT2D eigenvalue weighted by Crippen LogP contribution is -2.15. The lowest BCUT2D eigenvalue weighted by Gasteiger charge is -2.09. The Morgan fingerprint density at radius 1 is 1.33 bits per heavy atom. The largest absolute Gasteiger partial charge is 0.398 e. The molecule has 2 rings (SSSR count). The van der Waals surface area contributed by atoms with Gasteiger partial charge in [-0.1, -0.05) is 23.7 Å². The van der Waals surface area contributed by atoms with Crippen LogP contribution < -0.4 is 11.1 Å². The molecule has 2 aromatic rings. The summed E-state index contributed by atoms with van der Waals surface area (Å²) in [7, 11) is 0. The zero-order valence-corrected chi connectivity index (χ0v) is 10.5. The lowest BCUT2D eigenvalue weighted by molar-refractivity contribution is 0.102. The number of nitrogens with two attached hydrogens (primary N) is 1. The molecule has 0 aliphatic rings. The number of benzene rings is 1. The van der Waals surface area contributed by atoms with E-state index in [9.17, 15) is 4.79 Å². The zero-order chi connectivity index (χ0) is 13.1. The van der Waals surface area contributed by atoms with Gasteiger partial charge in [-0.15, -0.1) is 0 Å². The molecule has 0 saturated carbocycles.